The summed E-state index contributed by atoms with van der Waals surface area (Å²) in [5.74, 6) is 0.735. The van der Waals surface area contributed by atoms with Gasteiger partial charge in [-0.05, 0) is 64.6 Å². The molecule has 1 aromatic carbocycles. The number of amides is 1. The number of aryl methyl sites for hydroxylation is 2. The molecule has 2 fully saturated rings. The summed E-state index contributed by atoms with van der Waals surface area (Å²) >= 11 is 0. The molecule has 2 aromatic rings. The van der Waals surface area contributed by atoms with Crippen molar-refractivity contribution in [2.45, 2.75) is 64.8 Å². The molecule has 0 spiro atoms. The van der Waals surface area contributed by atoms with Crippen LogP contribution in [0.15, 0.2) is 24.3 Å². The minimum absolute atomic E-state index is 0.0400. The minimum Gasteiger partial charge on any atom is -0.367 e. The lowest BCUT2D eigenvalue weighted by atomic mass is 9.93. The molecule has 166 valence electrons. The molecule has 1 aromatic heterocycles. The molecule has 1 amide bonds. The molecular weight excluding hydrogens is 386 g/mol. The number of nitrogens with zero attached hydrogens (tertiary/aromatic N) is 3. The van der Waals surface area contributed by atoms with Gasteiger partial charge in [-0.15, -0.1) is 0 Å². The number of nitrogens with one attached hydrogen (secondary N) is 2. The molecule has 2 heterocycles. The third-order valence-electron chi connectivity index (χ3n) is 6.66. The highest BCUT2D eigenvalue weighted by Gasteiger charge is 2.25. The Hall–Kier alpha value is -2.47. The molecule has 1 saturated heterocycles. The second-order valence-corrected chi connectivity index (χ2v) is 9.10. The summed E-state index contributed by atoms with van der Waals surface area (Å²) in [6.45, 7) is 10.3. The van der Waals surface area contributed by atoms with E-state index in [0.717, 1.165) is 37.4 Å². The fraction of sp³-hybridized carbons (Fsp3) is 0.560. The maximum Gasteiger partial charge on any atom is 0.271 e. The molecule has 6 nitrogen and oxygen atoms in total. The van der Waals surface area contributed by atoms with E-state index in [2.05, 4.69) is 53.6 Å². The second-order valence-electron chi connectivity index (χ2n) is 9.10. The summed E-state index contributed by atoms with van der Waals surface area (Å²) in [4.78, 5) is 25.1. The summed E-state index contributed by atoms with van der Waals surface area (Å²) in [6.07, 6.45) is 5.88. The van der Waals surface area contributed by atoms with Gasteiger partial charge in [0.05, 0.1) is 11.4 Å². The smallest absolute Gasteiger partial charge is 0.271 e. The number of aromatic nitrogens is 2. The number of rotatable bonds is 8. The molecule has 1 atom stereocenters. The number of anilines is 1. The third-order valence-corrected chi connectivity index (χ3v) is 6.66. The van der Waals surface area contributed by atoms with Gasteiger partial charge in [-0.3, -0.25) is 4.79 Å². The zero-order valence-electron chi connectivity index (χ0n) is 19.1. The molecule has 2 aliphatic rings. The second kappa shape index (κ2) is 9.77. The van der Waals surface area contributed by atoms with Crippen molar-refractivity contribution in [2.24, 2.45) is 0 Å². The molecule has 4 rings (SSSR count). The number of hydrogen-bond donors (Lipinski definition) is 2. The van der Waals surface area contributed by atoms with Gasteiger partial charge >= 0.3 is 0 Å². The molecular formula is C25H35N5O. The van der Waals surface area contributed by atoms with E-state index >= 15 is 0 Å². The monoisotopic (exact) mass is 421 g/mol. The molecule has 31 heavy (non-hydrogen) atoms. The van der Waals surface area contributed by atoms with Crippen LogP contribution in [0, 0.1) is 13.8 Å². The lowest BCUT2D eigenvalue weighted by molar-refractivity contribution is 0.0910. The van der Waals surface area contributed by atoms with Gasteiger partial charge in [0.2, 0.25) is 0 Å². The molecule has 1 saturated carbocycles. The van der Waals surface area contributed by atoms with E-state index < -0.39 is 0 Å². The van der Waals surface area contributed by atoms with Gasteiger partial charge < -0.3 is 15.5 Å². The van der Waals surface area contributed by atoms with Crippen molar-refractivity contribution >= 4 is 11.7 Å². The van der Waals surface area contributed by atoms with E-state index in [1.54, 1.807) is 0 Å². The standard InChI is InChI=1S/C25H35N5O/c1-17-9-11-20(12-10-17)18(2)22-24(26-13-16-30-14-4-5-15-30)27-19(3)23(29-22)25(31)28-21-7-6-8-21/h9-12,18,21H,4-8,13-16H2,1-3H3,(H,26,27)(H,28,31). The van der Waals surface area contributed by atoms with Gasteiger partial charge in [0, 0.05) is 25.0 Å². The number of carbonyl (C=O) groups is 1. The highest BCUT2D eigenvalue weighted by atomic mass is 16.2. The van der Waals surface area contributed by atoms with Crippen LogP contribution in [0.4, 0.5) is 5.82 Å². The highest BCUT2D eigenvalue weighted by molar-refractivity contribution is 5.93. The topological polar surface area (TPSA) is 70.1 Å². The van der Waals surface area contributed by atoms with E-state index in [9.17, 15) is 4.79 Å². The largest absolute Gasteiger partial charge is 0.367 e. The van der Waals surface area contributed by atoms with Gasteiger partial charge in [-0.1, -0.05) is 36.8 Å². The maximum atomic E-state index is 12.9. The van der Waals surface area contributed by atoms with E-state index in [1.807, 2.05) is 6.92 Å². The van der Waals surface area contributed by atoms with Gasteiger partial charge in [0.1, 0.15) is 11.5 Å². The first-order valence-corrected chi connectivity index (χ1v) is 11.7. The summed E-state index contributed by atoms with van der Waals surface area (Å²) < 4.78 is 0. The van der Waals surface area contributed by atoms with Crippen molar-refractivity contribution in [1.29, 1.82) is 0 Å². The minimum atomic E-state index is -0.101. The number of benzene rings is 1. The number of likely N-dealkylation sites (tertiary alicyclic amines) is 1. The quantitative estimate of drug-likeness (QED) is 0.673. The molecule has 6 heteroatoms. The van der Waals surface area contributed by atoms with Crippen LogP contribution in [-0.2, 0) is 0 Å². The Morgan fingerprint density at radius 2 is 1.81 bits per heavy atom. The fourth-order valence-electron chi connectivity index (χ4n) is 4.34. The van der Waals surface area contributed by atoms with E-state index in [0.29, 0.717) is 11.4 Å². The summed E-state index contributed by atoms with van der Waals surface area (Å²) in [7, 11) is 0. The fourth-order valence-corrected chi connectivity index (χ4v) is 4.34. The Morgan fingerprint density at radius 1 is 1.10 bits per heavy atom. The predicted molar refractivity (Wildman–Crippen MR) is 125 cm³/mol. The first-order valence-electron chi connectivity index (χ1n) is 11.7. The predicted octanol–water partition coefficient (Wildman–Crippen LogP) is 4.04. The Balaban J connectivity index is 1.58. The summed E-state index contributed by atoms with van der Waals surface area (Å²) in [6, 6.07) is 8.81. The first kappa shape index (κ1) is 21.8. The SMILES string of the molecule is Cc1ccc(C(C)c2nc(C(=O)NC3CCC3)c(C)nc2NCCN2CCCC2)cc1. The van der Waals surface area contributed by atoms with Crippen LogP contribution >= 0.6 is 0 Å². The number of hydrogen-bond acceptors (Lipinski definition) is 5. The van der Waals surface area contributed by atoms with Crippen molar-refractivity contribution in [3.05, 3.63) is 52.5 Å². The first-order chi connectivity index (χ1) is 15.0. The third kappa shape index (κ3) is 5.24. The zero-order chi connectivity index (χ0) is 21.8. The molecule has 0 bridgehead atoms. The van der Waals surface area contributed by atoms with Crippen molar-refractivity contribution in [3.8, 4) is 0 Å². The van der Waals surface area contributed by atoms with Gasteiger partial charge in [0.15, 0.2) is 0 Å². The van der Waals surface area contributed by atoms with Crippen molar-refractivity contribution in [2.75, 3.05) is 31.5 Å². The van der Waals surface area contributed by atoms with Crippen molar-refractivity contribution in [1.82, 2.24) is 20.2 Å². The molecule has 1 aliphatic heterocycles. The maximum absolute atomic E-state index is 12.9. The Kier molecular flexibility index (Phi) is 6.86. The average molecular weight is 422 g/mol. The van der Waals surface area contributed by atoms with Crippen molar-refractivity contribution in [3.63, 3.8) is 0 Å². The summed E-state index contributed by atoms with van der Waals surface area (Å²) in [5, 5.41) is 6.64. The molecule has 1 unspecified atom stereocenters. The van der Waals surface area contributed by atoms with Crippen LogP contribution < -0.4 is 10.6 Å². The van der Waals surface area contributed by atoms with Crippen LogP contribution in [0.1, 0.15) is 77.9 Å². The summed E-state index contributed by atoms with van der Waals surface area (Å²) in [5.41, 5.74) is 4.38. The van der Waals surface area contributed by atoms with Crippen LogP contribution in [0.2, 0.25) is 0 Å². The van der Waals surface area contributed by atoms with E-state index in [1.165, 1.54) is 43.5 Å². The molecule has 2 N–H and O–H groups in total. The van der Waals surface area contributed by atoms with Gasteiger partial charge in [-0.2, -0.15) is 0 Å². The Labute approximate surface area is 185 Å². The lowest BCUT2D eigenvalue weighted by Crippen LogP contribution is -2.40. The van der Waals surface area contributed by atoms with Crippen LogP contribution in [0.25, 0.3) is 0 Å². The van der Waals surface area contributed by atoms with Gasteiger partial charge in [0.25, 0.3) is 5.91 Å². The zero-order valence-corrected chi connectivity index (χ0v) is 19.1. The van der Waals surface area contributed by atoms with Crippen LogP contribution in [-0.4, -0.2) is 53.0 Å². The van der Waals surface area contributed by atoms with Gasteiger partial charge in [-0.25, -0.2) is 9.97 Å². The molecule has 1 aliphatic carbocycles. The Morgan fingerprint density at radius 3 is 2.45 bits per heavy atom. The lowest BCUT2D eigenvalue weighted by Gasteiger charge is -2.26. The van der Waals surface area contributed by atoms with E-state index in [4.69, 9.17) is 9.97 Å². The number of carbonyl (C=O) groups excluding carboxylic acids is 1. The normalized spacial score (nSPS) is 17.9. The molecule has 0 radical (unpaired) electrons. The van der Waals surface area contributed by atoms with E-state index in [-0.39, 0.29) is 17.9 Å². The Bertz CT molecular complexity index is 901. The average Bonchev–Trinajstić information content (AvgIpc) is 3.24. The van der Waals surface area contributed by atoms with Crippen LogP contribution in [0.3, 0.4) is 0 Å². The van der Waals surface area contributed by atoms with Crippen LogP contribution in [0.5, 0.6) is 0 Å². The highest BCUT2D eigenvalue weighted by Crippen LogP contribution is 2.29. The van der Waals surface area contributed by atoms with Crippen molar-refractivity contribution < 1.29 is 4.79 Å².